The molecule has 2 aromatic carbocycles. The summed E-state index contributed by atoms with van der Waals surface area (Å²) in [6.45, 7) is 0. The van der Waals surface area contributed by atoms with Crippen LogP contribution in [0.25, 0.3) is 0 Å². The summed E-state index contributed by atoms with van der Waals surface area (Å²) < 4.78 is 10.4. The summed E-state index contributed by atoms with van der Waals surface area (Å²) in [4.78, 5) is 17.4. The monoisotopic (exact) mass is 355 g/mol. The first-order valence-electron chi connectivity index (χ1n) is 7.47. The lowest BCUT2D eigenvalue weighted by Crippen LogP contribution is -2.04. The molecular weight excluding hydrogens is 338 g/mol. The Balaban J connectivity index is 1.85. The predicted octanol–water partition coefficient (Wildman–Crippen LogP) is 3.72. The fourth-order valence-electron chi connectivity index (χ4n) is 2.30. The molecule has 6 nitrogen and oxygen atoms in total. The predicted molar refractivity (Wildman–Crippen MR) is 99.2 cm³/mol. The molecule has 0 amide bonds. The third kappa shape index (κ3) is 3.56. The van der Waals surface area contributed by atoms with Crippen LogP contribution < -0.4 is 20.5 Å². The average Bonchev–Trinajstić information content (AvgIpc) is 3.01. The van der Waals surface area contributed by atoms with Crippen molar-refractivity contribution in [2.75, 3.05) is 25.3 Å². The van der Waals surface area contributed by atoms with Gasteiger partial charge in [-0.15, -0.1) is 0 Å². The molecule has 3 N–H and O–H groups in total. The van der Waals surface area contributed by atoms with Gasteiger partial charge in [0.15, 0.2) is 5.13 Å². The second kappa shape index (κ2) is 7.23. The maximum atomic E-state index is 12.8. The van der Waals surface area contributed by atoms with E-state index in [0.717, 1.165) is 11.4 Å². The second-order valence-electron chi connectivity index (χ2n) is 5.12. The maximum absolute atomic E-state index is 12.8. The third-order valence-electron chi connectivity index (χ3n) is 3.55. The molecule has 0 bridgehead atoms. The number of aromatic nitrogens is 1. The molecule has 0 spiro atoms. The molecule has 0 aliphatic rings. The van der Waals surface area contributed by atoms with E-state index < -0.39 is 0 Å². The molecule has 7 heteroatoms. The van der Waals surface area contributed by atoms with E-state index in [2.05, 4.69) is 10.3 Å². The Kier molecular flexibility index (Phi) is 4.85. The first kappa shape index (κ1) is 16.8. The van der Waals surface area contributed by atoms with Gasteiger partial charge in [0.25, 0.3) is 0 Å². The Labute approximate surface area is 149 Å². The number of hydrogen-bond acceptors (Lipinski definition) is 7. The SMILES string of the molecule is COc1ccc(Nc2nc(N)c(C(=O)c3ccccc3OC)s2)cc1. The van der Waals surface area contributed by atoms with Crippen LogP contribution in [0.15, 0.2) is 48.5 Å². The van der Waals surface area contributed by atoms with Gasteiger partial charge in [-0.3, -0.25) is 4.79 Å². The van der Waals surface area contributed by atoms with Crippen LogP contribution in [0.1, 0.15) is 15.2 Å². The van der Waals surface area contributed by atoms with Crippen LogP contribution in [-0.4, -0.2) is 25.0 Å². The minimum Gasteiger partial charge on any atom is -0.497 e. The number of hydrogen-bond donors (Lipinski definition) is 2. The van der Waals surface area contributed by atoms with Gasteiger partial charge in [-0.1, -0.05) is 23.5 Å². The molecule has 0 aliphatic heterocycles. The van der Waals surface area contributed by atoms with Gasteiger partial charge in [-0.2, -0.15) is 0 Å². The van der Waals surface area contributed by atoms with Crippen molar-refractivity contribution in [1.82, 2.24) is 4.98 Å². The summed E-state index contributed by atoms with van der Waals surface area (Å²) in [5, 5.41) is 3.68. The van der Waals surface area contributed by atoms with Gasteiger partial charge < -0.3 is 20.5 Å². The number of carbonyl (C=O) groups excluding carboxylic acids is 1. The molecule has 0 saturated heterocycles. The van der Waals surface area contributed by atoms with Gasteiger partial charge in [0.05, 0.1) is 19.8 Å². The minimum absolute atomic E-state index is 0.192. The number of thiazole rings is 1. The quantitative estimate of drug-likeness (QED) is 0.656. The number of methoxy groups -OCH3 is 2. The molecule has 1 aromatic heterocycles. The summed E-state index contributed by atoms with van der Waals surface area (Å²) >= 11 is 1.20. The summed E-state index contributed by atoms with van der Waals surface area (Å²) in [7, 11) is 3.14. The third-order valence-corrected chi connectivity index (χ3v) is 4.54. The highest BCUT2D eigenvalue weighted by molar-refractivity contribution is 7.18. The molecule has 0 saturated carbocycles. The van der Waals surface area contributed by atoms with E-state index in [9.17, 15) is 4.79 Å². The van der Waals surface area contributed by atoms with E-state index in [0.29, 0.717) is 21.3 Å². The van der Waals surface area contributed by atoms with E-state index in [1.54, 1.807) is 25.3 Å². The minimum atomic E-state index is -0.213. The Morgan fingerprint density at radius 3 is 2.48 bits per heavy atom. The fourth-order valence-corrected chi connectivity index (χ4v) is 3.16. The largest absolute Gasteiger partial charge is 0.497 e. The smallest absolute Gasteiger partial charge is 0.210 e. The Morgan fingerprint density at radius 1 is 1.08 bits per heavy atom. The van der Waals surface area contributed by atoms with Crippen LogP contribution in [0.2, 0.25) is 0 Å². The number of carbonyl (C=O) groups is 1. The molecule has 0 atom stereocenters. The van der Waals surface area contributed by atoms with Crippen molar-refractivity contribution < 1.29 is 14.3 Å². The van der Waals surface area contributed by atoms with Gasteiger partial charge >= 0.3 is 0 Å². The normalized spacial score (nSPS) is 10.3. The van der Waals surface area contributed by atoms with Crippen LogP contribution in [0.5, 0.6) is 11.5 Å². The molecule has 25 heavy (non-hydrogen) atoms. The number of nitrogens with zero attached hydrogens (tertiary/aromatic N) is 1. The van der Waals surface area contributed by atoms with Crippen molar-refractivity contribution in [1.29, 1.82) is 0 Å². The first-order valence-corrected chi connectivity index (χ1v) is 8.29. The number of nitrogens with two attached hydrogens (primary N) is 1. The summed E-state index contributed by atoms with van der Waals surface area (Å²) in [5.41, 5.74) is 7.23. The van der Waals surface area contributed by atoms with Gasteiger partial charge in [-0.25, -0.2) is 4.98 Å². The summed E-state index contributed by atoms with van der Waals surface area (Å²) in [5.74, 6) is 1.24. The Hall–Kier alpha value is -3.06. The highest BCUT2D eigenvalue weighted by atomic mass is 32.1. The lowest BCUT2D eigenvalue weighted by atomic mass is 10.1. The number of ether oxygens (including phenoxy) is 2. The fraction of sp³-hybridized carbons (Fsp3) is 0.111. The molecule has 0 aliphatic carbocycles. The number of rotatable bonds is 6. The van der Waals surface area contributed by atoms with Crippen LogP contribution in [0.4, 0.5) is 16.6 Å². The number of anilines is 3. The van der Waals surface area contributed by atoms with Crippen molar-refractivity contribution in [3.63, 3.8) is 0 Å². The molecule has 1 heterocycles. The van der Waals surface area contributed by atoms with E-state index in [-0.39, 0.29) is 11.6 Å². The lowest BCUT2D eigenvalue weighted by Gasteiger charge is -2.05. The molecule has 128 valence electrons. The Morgan fingerprint density at radius 2 is 1.80 bits per heavy atom. The van der Waals surface area contributed by atoms with E-state index in [1.165, 1.54) is 18.4 Å². The standard InChI is InChI=1S/C18H17N3O3S/c1-23-12-9-7-11(8-10-12)20-18-21-17(19)16(25-18)15(22)13-5-3-4-6-14(13)24-2/h3-10H,19H2,1-2H3,(H,20,21). The molecular formula is C18H17N3O3S. The Bertz CT molecular complexity index is 891. The number of benzene rings is 2. The van der Waals surface area contributed by atoms with Crippen molar-refractivity contribution >= 4 is 33.8 Å². The highest BCUT2D eigenvalue weighted by Crippen LogP contribution is 2.32. The second-order valence-corrected chi connectivity index (χ2v) is 6.12. The van der Waals surface area contributed by atoms with Crippen LogP contribution in [-0.2, 0) is 0 Å². The van der Waals surface area contributed by atoms with Crippen molar-refractivity contribution in [2.24, 2.45) is 0 Å². The zero-order valence-electron chi connectivity index (χ0n) is 13.8. The van der Waals surface area contributed by atoms with Gasteiger partial charge in [-0.05, 0) is 36.4 Å². The molecule has 3 aromatic rings. The highest BCUT2D eigenvalue weighted by Gasteiger charge is 2.20. The zero-order chi connectivity index (χ0) is 17.8. The summed E-state index contributed by atoms with van der Waals surface area (Å²) in [6, 6.07) is 14.4. The first-order chi connectivity index (χ1) is 12.1. The number of ketones is 1. The topological polar surface area (TPSA) is 86.5 Å². The van der Waals surface area contributed by atoms with Crippen molar-refractivity contribution in [3.8, 4) is 11.5 Å². The van der Waals surface area contributed by atoms with Crippen molar-refractivity contribution in [3.05, 3.63) is 59.0 Å². The van der Waals surface area contributed by atoms with Gasteiger partial charge in [0, 0.05) is 5.69 Å². The van der Waals surface area contributed by atoms with E-state index in [1.807, 2.05) is 30.3 Å². The number of para-hydroxylation sites is 1. The summed E-state index contributed by atoms with van der Waals surface area (Å²) in [6.07, 6.45) is 0. The van der Waals surface area contributed by atoms with Crippen LogP contribution in [0, 0.1) is 0 Å². The average molecular weight is 355 g/mol. The van der Waals surface area contributed by atoms with E-state index >= 15 is 0 Å². The lowest BCUT2D eigenvalue weighted by molar-refractivity contribution is 0.104. The van der Waals surface area contributed by atoms with Gasteiger partial charge in [0.2, 0.25) is 5.78 Å². The molecule has 0 unspecified atom stereocenters. The molecule has 0 fully saturated rings. The number of nitrogen functional groups attached to an aromatic ring is 1. The maximum Gasteiger partial charge on any atom is 0.210 e. The van der Waals surface area contributed by atoms with E-state index in [4.69, 9.17) is 15.2 Å². The van der Waals surface area contributed by atoms with Crippen molar-refractivity contribution in [2.45, 2.75) is 0 Å². The van der Waals surface area contributed by atoms with Gasteiger partial charge in [0.1, 0.15) is 22.2 Å². The van der Waals surface area contributed by atoms with Crippen LogP contribution in [0.3, 0.4) is 0 Å². The van der Waals surface area contributed by atoms with Crippen LogP contribution >= 0.6 is 11.3 Å². The zero-order valence-corrected chi connectivity index (χ0v) is 14.6. The molecule has 3 rings (SSSR count). The molecule has 0 radical (unpaired) electrons. The number of nitrogens with one attached hydrogen (secondary N) is 1.